The molecule has 0 aliphatic heterocycles. The van der Waals surface area contributed by atoms with Crippen molar-refractivity contribution in [3.63, 3.8) is 0 Å². The third-order valence-electron chi connectivity index (χ3n) is 2.48. The number of hydrogen-bond donors (Lipinski definition) is 0. The zero-order chi connectivity index (χ0) is 13.0. The number of aryl methyl sites for hydroxylation is 2. The highest BCUT2D eigenvalue weighted by Gasteiger charge is 2.07. The smallest absolute Gasteiger partial charge is 0.264 e. The number of hydrogen-bond acceptors (Lipinski definition) is 4. The zero-order valence-electron chi connectivity index (χ0n) is 10.4. The predicted octanol–water partition coefficient (Wildman–Crippen LogP) is 3.05. The summed E-state index contributed by atoms with van der Waals surface area (Å²) in [6, 6.07) is 4.59. The molecule has 5 heteroatoms. The minimum atomic E-state index is -0.245. The van der Waals surface area contributed by atoms with Crippen LogP contribution in [-0.2, 0) is 13.0 Å². The molecule has 0 aliphatic carbocycles. The lowest BCUT2D eigenvalue weighted by Crippen LogP contribution is -1.97. The van der Waals surface area contributed by atoms with Gasteiger partial charge in [-0.1, -0.05) is 12.1 Å². The Hall–Kier alpha value is -1.91. The first-order chi connectivity index (χ1) is 8.69. The molecule has 18 heavy (non-hydrogen) atoms. The first-order valence-electron chi connectivity index (χ1n) is 5.89. The van der Waals surface area contributed by atoms with Crippen LogP contribution in [0.5, 0.6) is 5.75 Å². The number of rotatable bonds is 5. The molecule has 2 rings (SSSR count). The van der Waals surface area contributed by atoms with E-state index in [2.05, 4.69) is 10.1 Å². The van der Waals surface area contributed by atoms with Gasteiger partial charge in [0.2, 0.25) is 0 Å². The number of benzene rings is 1. The number of aromatic nitrogens is 2. The summed E-state index contributed by atoms with van der Waals surface area (Å²) in [5.74, 6) is 1.46. The summed E-state index contributed by atoms with van der Waals surface area (Å²) in [6.07, 6.45) is 1.76. The van der Waals surface area contributed by atoms with Crippen molar-refractivity contribution in [3.05, 3.63) is 41.3 Å². The van der Waals surface area contributed by atoms with Crippen LogP contribution in [0.15, 0.2) is 22.7 Å². The van der Waals surface area contributed by atoms with Crippen LogP contribution in [0, 0.1) is 12.7 Å². The fourth-order valence-electron chi connectivity index (χ4n) is 1.53. The lowest BCUT2D eigenvalue weighted by molar-refractivity contribution is 0.242. The van der Waals surface area contributed by atoms with Gasteiger partial charge in [-0.2, -0.15) is 4.98 Å². The molecule has 1 heterocycles. The second-order valence-corrected chi connectivity index (χ2v) is 4.05. The third kappa shape index (κ3) is 3.06. The fourth-order valence-corrected chi connectivity index (χ4v) is 1.53. The van der Waals surface area contributed by atoms with E-state index in [-0.39, 0.29) is 12.4 Å². The molecule has 0 bridgehead atoms. The van der Waals surface area contributed by atoms with Crippen LogP contribution in [0.4, 0.5) is 4.39 Å². The van der Waals surface area contributed by atoms with Gasteiger partial charge in [0, 0.05) is 6.42 Å². The van der Waals surface area contributed by atoms with Crippen LogP contribution in [0.1, 0.15) is 30.6 Å². The number of ether oxygens (including phenoxy) is 1. The monoisotopic (exact) mass is 250 g/mol. The van der Waals surface area contributed by atoms with Gasteiger partial charge in [-0.25, -0.2) is 4.39 Å². The van der Waals surface area contributed by atoms with Crippen molar-refractivity contribution in [1.82, 2.24) is 10.1 Å². The van der Waals surface area contributed by atoms with Crippen molar-refractivity contribution in [2.24, 2.45) is 0 Å². The molecular formula is C13H15FN2O2. The lowest BCUT2D eigenvalue weighted by atomic mass is 10.2. The summed E-state index contributed by atoms with van der Waals surface area (Å²) >= 11 is 0. The Bertz CT molecular complexity index is 525. The van der Waals surface area contributed by atoms with Crippen molar-refractivity contribution >= 4 is 0 Å². The van der Waals surface area contributed by atoms with Crippen molar-refractivity contribution in [2.75, 3.05) is 0 Å². The molecule has 2 aromatic rings. The van der Waals surface area contributed by atoms with E-state index in [1.165, 1.54) is 6.07 Å². The average Bonchev–Trinajstić information content (AvgIpc) is 2.79. The van der Waals surface area contributed by atoms with Gasteiger partial charge in [0.25, 0.3) is 5.89 Å². The van der Waals surface area contributed by atoms with Gasteiger partial charge in [-0.3, -0.25) is 0 Å². The molecule has 0 spiro atoms. The van der Waals surface area contributed by atoms with Crippen LogP contribution >= 0.6 is 0 Å². The number of halogens is 1. The van der Waals surface area contributed by atoms with Gasteiger partial charge in [0.1, 0.15) is 11.6 Å². The molecule has 0 amide bonds. The summed E-state index contributed by atoms with van der Waals surface area (Å²) in [4.78, 5) is 4.18. The summed E-state index contributed by atoms with van der Waals surface area (Å²) in [5.41, 5.74) is 0.546. The van der Waals surface area contributed by atoms with E-state index in [1.807, 2.05) is 6.92 Å². The maximum atomic E-state index is 13.1. The Morgan fingerprint density at radius 1 is 1.39 bits per heavy atom. The van der Waals surface area contributed by atoms with E-state index < -0.39 is 0 Å². The van der Waals surface area contributed by atoms with Gasteiger partial charge >= 0.3 is 0 Å². The largest absolute Gasteiger partial charge is 0.484 e. The van der Waals surface area contributed by atoms with E-state index in [9.17, 15) is 4.39 Å². The SMILES string of the molecule is CCCc1noc(COc2ccc(F)c(C)c2)n1. The maximum absolute atomic E-state index is 13.1. The Balaban J connectivity index is 1.95. The Kier molecular flexibility index (Phi) is 3.92. The second-order valence-electron chi connectivity index (χ2n) is 4.05. The van der Waals surface area contributed by atoms with E-state index in [0.29, 0.717) is 23.0 Å². The van der Waals surface area contributed by atoms with Crippen molar-refractivity contribution in [2.45, 2.75) is 33.3 Å². The van der Waals surface area contributed by atoms with Crippen molar-refractivity contribution in [1.29, 1.82) is 0 Å². The predicted molar refractivity (Wildman–Crippen MR) is 63.8 cm³/mol. The number of nitrogens with zero attached hydrogens (tertiary/aromatic N) is 2. The van der Waals surface area contributed by atoms with Crippen LogP contribution in [-0.4, -0.2) is 10.1 Å². The van der Waals surface area contributed by atoms with Gasteiger partial charge in [-0.15, -0.1) is 0 Å². The van der Waals surface area contributed by atoms with Crippen LogP contribution in [0.3, 0.4) is 0 Å². The van der Waals surface area contributed by atoms with Gasteiger partial charge < -0.3 is 9.26 Å². The molecular weight excluding hydrogens is 235 g/mol. The summed E-state index contributed by atoms with van der Waals surface area (Å²) in [5, 5.41) is 3.82. The minimum Gasteiger partial charge on any atom is -0.484 e. The van der Waals surface area contributed by atoms with Crippen LogP contribution in [0.25, 0.3) is 0 Å². The summed E-state index contributed by atoms with van der Waals surface area (Å²) in [7, 11) is 0. The van der Waals surface area contributed by atoms with E-state index in [4.69, 9.17) is 9.26 Å². The van der Waals surface area contributed by atoms with Crippen LogP contribution in [0.2, 0.25) is 0 Å². The molecule has 0 radical (unpaired) electrons. The normalized spacial score (nSPS) is 10.6. The quantitative estimate of drug-likeness (QED) is 0.818. The lowest BCUT2D eigenvalue weighted by Gasteiger charge is -2.04. The molecule has 96 valence electrons. The van der Waals surface area contributed by atoms with E-state index >= 15 is 0 Å². The van der Waals surface area contributed by atoms with Crippen molar-refractivity contribution < 1.29 is 13.7 Å². The molecule has 1 aromatic heterocycles. The first kappa shape index (κ1) is 12.5. The zero-order valence-corrected chi connectivity index (χ0v) is 10.4. The molecule has 4 nitrogen and oxygen atoms in total. The second kappa shape index (κ2) is 5.62. The maximum Gasteiger partial charge on any atom is 0.264 e. The molecule has 0 fully saturated rings. The van der Waals surface area contributed by atoms with Crippen LogP contribution < -0.4 is 4.74 Å². The average molecular weight is 250 g/mol. The van der Waals surface area contributed by atoms with E-state index in [1.54, 1.807) is 19.1 Å². The van der Waals surface area contributed by atoms with Crippen molar-refractivity contribution in [3.8, 4) is 5.75 Å². The molecule has 0 saturated heterocycles. The molecule has 0 saturated carbocycles. The summed E-state index contributed by atoms with van der Waals surface area (Å²) in [6.45, 7) is 3.93. The Labute approximate surface area is 105 Å². The Morgan fingerprint density at radius 2 is 2.22 bits per heavy atom. The standard InChI is InChI=1S/C13H15FN2O2/c1-3-4-12-15-13(18-16-12)8-17-10-5-6-11(14)9(2)7-10/h5-7H,3-4,8H2,1-2H3. The minimum absolute atomic E-state index is 0.196. The third-order valence-corrected chi connectivity index (χ3v) is 2.48. The Morgan fingerprint density at radius 3 is 2.94 bits per heavy atom. The van der Waals surface area contributed by atoms with E-state index in [0.717, 1.165) is 12.8 Å². The highest BCUT2D eigenvalue weighted by molar-refractivity contribution is 5.28. The van der Waals surface area contributed by atoms with Gasteiger partial charge in [-0.05, 0) is 37.1 Å². The molecule has 1 aromatic carbocycles. The molecule has 0 atom stereocenters. The summed E-state index contributed by atoms with van der Waals surface area (Å²) < 4.78 is 23.5. The topological polar surface area (TPSA) is 48.2 Å². The fraction of sp³-hybridized carbons (Fsp3) is 0.385. The van der Waals surface area contributed by atoms with Gasteiger partial charge in [0.15, 0.2) is 12.4 Å². The highest BCUT2D eigenvalue weighted by atomic mass is 19.1. The molecule has 0 unspecified atom stereocenters. The first-order valence-corrected chi connectivity index (χ1v) is 5.89. The van der Waals surface area contributed by atoms with Gasteiger partial charge in [0.05, 0.1) is 0 Å². The molecule has 0 N–H and O–H groups in total. The highest BCUT2D eigenvalue weighted by Crippen LogP contribution is 2.17. The molecule has 0 aliphatic rings.